The topological polar surface area (TPSA) is 72.5 Å². The molecule has 0 unspecified atom stereocenters. The van der Waals surface area contributed by atoms with Crippen molar-refractivity contribution in [3.05, 3.63) is 59.9 Å². The number of carbonyl (C=O) groups excluding carboxylic acids is 1. The van der Waals surface area contributed by atoms with Crippen LogP contribution in [0.4, 0.5) is 4.39 Å². The summed E-state index contributed by atoms with van der Waals surface area (Å²) in [5, 5.41) is 0. The number of para-hydroxylation sites is 1. The van der Waals surface area contributed by atoms with Crippen LogP contribution in [0.3, 0.4) is 0 Å². The Labute approximate surface area is 140 Å². The Bertz CT molecular complexity index is 821. The quantitative estimate of drug-likeness (QED) is 0.779. The minimum atomic E-state index is -3.89. The lowest BCUT2D eigenvalue weighted by Gasteiger charge is -2.10. The van der Waals surface area contributed by atoms with E-state index in [-0.39, 0.29) is 30.1 Å². The third-order valence-electron chi connectivity index (χ3n) is 3.27. The Morgan fingerprint density at radius 1 is 1.12 bits per heavy atom. The lowest BCUT2D eigenvalue weighted by atomic mass is 10.2. The molecule has 7 heteroatoms. The fraction of sp³-hybridized carbons (Fsp3) is 0.235. The molecule has 0 heterocycles. The van der Waals surface area contributed by atoms with Crippen LogP contribution in [-0.2, 0) is 14.8 Å². The van der Waals surface area contributed by atoms with Crippen LogP contribution in [0.5, 0.6) is 5.75 Å². The molecule has 2 rings (SSSR count). The second kappa shape index (κ2) is 7.92. The highest BCUT2D eigenvalue weighted by Crippen LogP contribution is 2.16. The van der Waals surface area contributed by atoms with Gasteiger partial charge < -0.3 is 4.74 Å². The highest BCUT2D eigenvalue weighted by Gasteiger charge is 2.19. The van der Waals surface area contributed by atoms with Gasteiger partial charge in [0.15, 0.2) is 11.6 Å². The molecule has 0 radical (unpaired) electrons. The van der Waals surface area contributed by atoms with E-state index in [1.807, 2.05) is 4.72 Å². The van der Waals surface area contributed by atoms with Crippen molar-refractivity contribution >= 4 is 15.9 Å². The summed E-state index contributed by atoms with van der Waals surface area (Å²) in [7, 11) is -3.89. The Hall–Kier alpha value is -2.41. The highest BCUT2D eigenvalue weighted by atomic mass is 32.2. The fourth-order valence-electron chi connectivity index (χ4n) is 2.09. The summed E-state index contributed by atoms with van der Waals surface area (Å²) in [6, 6.07) is 12.3. The molecule has 24 heavy (non-hydrogen) atoms. The predicted octanol–water partition coefficient (Wildman–Crippen LogP) is 2.80. The average molecular weight is 351 g/mol. The second-order valence-corrected chi connectivity index (χ2v) is 6.83. The van der Waals surface area contributed by atoms with Crippen LogP contribution in [0.1, 0.15) is 18.4 Å². The van der Waals surface area contributed by atoms with Gasteiger partial charge in [-0.3, -0.25) is 4.79 Å². The van der Waals surface area contributed by atoms with Crippen molar-refractivity contribution in [3.8, 4) is 5.75 Å². The van der Waals surface area contributed by atoms with Crippen molar-refractivity contribution in [3.63, 3.8) is 0 Å². The number of hydrogen-bond acceptors (Lipinski definition) is 4. The van der Waals surface area contributed by atoms with Gasteiger partial charge in [0.1, 0.15) is 0 Å². The van der Waals surface area contributed by atoms with Gasteiger partial charge in [0.05, 0.1) is 11.5 Å². The molecule has 128 valence electrons. The maximum absolute atomic E-state index is 13.3. The van der Waals surface area contributed by atoms with Crippen LogP contribution >= 0.6 is 0 Å². The molecule has 5 nitrogen and oxygen atoms in total. The molecule has 0 aliphatic heterocycles. The predicted molar refractivity (Wildman–Crippen MR) is 87.6 cm³/mol. The molecule has 0 bridgehead atoms. The average Bonchev–Trinajstić information content (AvgIpc) is 2.53. The van der Waals surface area contributed by atoms with E-state index in [1.54, 1.807) is 37.3 Å². The third-order valence-corrected chi connectivity index (χ3v) is 4.81. The Morgan fingerprint density at radius 2 is 1.79 bits per heavy atom. The Balaban J connectivity index is 1.83. The lowest BCUT2D eigenvalue weighted by Crippen LogP contribution is -2.31. The molecular weight excluding hydrogens is 333 g/mol. The van der Waals surface area contributed by atoms with Crippen molar-refractivity contribution in [1.82, 2.24) is 4.72 Å². The first-order valence-corrected chi connectivity index (χ1v) is 8.87. The summed E-state index contributed by atoms with van der Waals surface area (Å²) in [4.78, 5) is 11.9. The number of sulfonamides is 1. The number of ether oxygens (including phenoxy) is 1. The molecular formula is C17H18FNO4S. The molecule has 0 spiro atoms. The van der Waals surface area contributed by atoms with Crippen molar-refractivity contribution < 1.29 is 22.3 Å². The van der Waals surface area contributed by atoms with E-state index in [2.05, 4.69) is 0 Å². The zero-order valence-corrected chi connectivity index (χ0v) is 14.0. The van der Waals surface area contributed by atoms with Crippen LogP contribution in [0, 0.1) is 12.7 Å². The number of carbonyl (C=O) groups is 1. The fourth-order valence-corrected chi connectivity index (χ4v) is 3.35. The van der Waals surface area contributed by atoms with Gasteiger partial charge >= 0.3 is 0 Å². The summed E-state index contributed by atoms with van der Waals surface area (Å²) in [5.41, 5.74) is 0.556. The molecule has 2 aromatic rings. The first-order valence-electron chi connectivity index (χ1n) is 7.39. The molecule has 0 saturated carbocycles. The monoisotopic (exact) mass is 351 g/mol. The summed E-state index contributed by atoms with van der Waals surface area (Å²) in [6.45, 7) is 1.76. The summed E-state index contributed by atoms with van der Waals surface area (Å²) in [5.74, 6) is -1.01. The SMILES string of the molecule is Cc1ccccc1S(=O)(=O)NC(=O)CCCOc1ccccc1F. The van der Waals surface area contributed by atoms with E-state index in [0.29, 0.717) is 5.56 Å². The maximum Gasteiger partial charge on any atom is 0.264 e. The minimum absolute atomic E-state index is 0.0421. The summed E-state index contributed by atoms with van der Waals surface area (Å²) >= 11 is 0. The van der Waals surface area contributed by atoms with E-state index >= 15 is 0 Å². The van der Waals surface area contributed by atoms with Crippen LogP contribution in [0.2, 0.25) is 0 Å². The van der Waals surface area contributed by atoms with E-state index in [4.69, 9.17) is 4.74 Å². The standard InChI is InChI=1S/C17H18FNO4S/c1-13-7-2-5-10-16(13)24(21,22)19-17(20)11-6-12-23-15-9-4-3-8-14(15)18/h2-5,7-10H,6,11-12H2,1H3,(H,19,20). The van der Waals surface area contributed by atoms with Crippen molar-refractivity contribution in [1.29, 1.82) is 0 Å². The van der Waals surface area contributed by atoms with Crippen LogP contribution in [-0.4, -0.2) is 20.9 Å². The lowest BCUT2D eigenvalue weighted by molar-refractivity contribution is -0.119. The van der Waals surface area contributed by atoms with Gasteiger partial charge in [-0.1, -0.05) is 30.3 Å². The number of aryl methyl sites for hydroxylation is 1. The normalized spacial score (nSPS) is 11.1. The number of nitrogens with one attached hydrogen (secondary N) is 1. The number of benzene rings is 2. The molecule has 0 fully saturated rings. The first kappa shape index (κ1) is 17.9. The molecule has 0 aromatic heterocycles. The first-order chi connectivity index (χ1) is 11.4. The molecule has 0 atom stereocenters. The van der Waals surface area contributed by atoms with Gasteiger partial charge in [0.25, 0.3) is 10.0 Å². The number of rotatable bonds is 7. The van der Waals surface area contributed by atoms with Crippen LogP contribution < -0.4 is 9.46 Å². The number of halogens is 1. The Kier molecular flexibility index (Phi) is 5.92. The zero-order chi connectivity index (χ0) is 17.6. The second-order valence-electron chi connectivity index (χ2n) is 5.18. The largest absolute Gasteiger partial charge is 0.491 e. The summed E-state index contributed by atoms with van der Waals surface area (Å²) < 4.78 is 44.9. The van der Waals surface area contributed by atoms with Gasteiger partial charge in [-0.05, 0) is 37.1 Å². The van der Waals surface area contributed by atoms with Crippen molar-refractivity contribution in [2.75, 3.05) is 6.61 Å². The van der Waals surface area contributed by atoms with Gasteiger partial charge in [-0.25, -0.2) is 17.5 Å². The van der Waals surface area contributed by atoms with Crippen LogP contribution in [0.15, 0.2) is 53.4 Å². The van der Waals surface area contributed by atoms with E-state index in [0.717, 1.165) is 0 Å². The van der Waals surface area contributed by atoms with Gasteiger partial charge in [-0.2, -0.15) is 0 Å². The van der Waals surface area contributed by atoms with E-state index < -0.39 is 21.7 Å². The molecule has 1 N–H and O–H groups in total. The smallest absolute Gasteiger partial charge is 0.264 e. The van der Waals surface area contributed by atoms with Crippen molar-refractivity contribution in [2.45, 2.75) is 24.7 Å². The Morgan fingerprint density at radius 3 is 2.50 bits per heavy atom. The molecule has 2 aromatic carbocycles. The van der Waals surface area contributed by atoms with E-state index in [9.17, 15) is 17.6 Å². The van der Waals surface area contributed by atoms with Crippen LogP contribution in [0.25, 0.3) is 0 Å². The molecule has 0 aliphatic carbocycles. The third kappa shape index (κ3) is 4.79. The van der Waals surface area contributed by atoms with Gasteiger partial charge in [0.2, 0.25) is 5.91 Å². The maximum atomic E-state index is 13.3. The van der Waals surface area contributed by atoms with E-state index in [1.165, 1.54) is 18.2 Å². The van der Waals surface area contributed by atoms with Gasteiger partial charge in [-0.15, -0.1) is 0 Å². The minimum Gasteiger partial charge on any atom is -0.491 e. The van der Waals surface area contributed by atoms with Gasteiger partial charge in [0, 0.05) is 6.42 Å². The molecule has 0 aliphatic rings. The highest BCUT2D eigenvalue weighted by molar-refractivity contribution is 7.90. The number of amides is 1. The zero-order valence-electron chi connectivity index (χ0n) is 13.2. The molecule has 1 amide bonds. The number of hydrogen-bond donors (Lipinski definition) is 1. The summed E-state index contributed by atoms with van der Waals surface area (Å²) in [6.07, 6.45) is 0.225. The molecule has 0 saturated heterocycles. The van der Waals surface area contributed by atoms with Crippen molar-refractivity contribution in [2.24, 2.45) is 0 Å².